The van der Waals surface area contributed by atoms with Crippen molar-refractivity contribution >= 4 is 29.8 Å². The van der Waals surface area contributed by atoms with Gasteiger partial charge >= 0.3 is 0 Å². The van der Waals surface area contributed by atoms with Crippen LogP contribution in [0.15, 0.2) is 28.5 Å². The van der Waals surface area contributed by atoms with E-state index >= 15 is 0 Å². The Morgan fingerprint density at radius 2 is 2.23 bits per heavy atom. The lowest BCUT2D eigenvalue weighted by molar-refractivity contribution is -0.127. The van der Waals surface area contributed by atoms with E-state index in [0.717, 1.165) is 0 Å². The molecule has 0 saturated carbocycles. The third-order valence-corrected chi connectivity index (χ3v) is 4.35. The fourth-order valence-electron chi connectivity index (χ4n) is 2.08. The molecule has 0 aliphatic heterocycles. The Morgan fingerprint density at radius 3 is 2.92 bits per heavy atom. The number of ether oxygens (including phenoxy) is 1. The van der Waals surface area contributed by atoms with Crippen molar-refractivity contribution in [2.75, 3.05) is 31.4 Å². The van der Waals surface area contributed by atoms with Gasteiger partial charge in [0.15, 0.2) is 0 Å². The maximum atomic E-state index is 12.0. The van der Waals surface area contributed by atoms with E-state index in [1.54, 1.807) is 24.1 Å². The summed E-state index contributed by atoms with van der Waals surface area (Å²) in [7, 11) is 1.55. The Labute approximate surface area is 155 Å². The summed E-state index contributed by atoms with van der Waals surface area (Å²) in [6.45, 7) is 5.25. The maximum absolute atomic E-state index is 12.0. The summed E-state index contributed by atoms with van der Waals surface area (Å²) in [5.74, 6) is 1.35. The van der Waals surface area contributed by atoms with E-state index in [1.807, 2.05) is 13.8 Å². The average Bonchev–Trinajstić information content (AvgIpc) is 3.10. The molecule has 3 N–H and O–H groups in total. The van der Waals surface area contributed by atoms with E-state index < -0.39 is 0 Å². The summed E-state index contributed by atoms with van der Waals surface area (Å²) in [4.78, 5) is 17.9. The van der Waals surface area contributed by atoms with E-state index in [9.17, 15) is 9.90 Å². The second kappa shape index (κ2) is 9.66. The highest BCUT2D eigenvalue weighted by atomic mass is 32.2. The molecule has 1 aromatic carbocycles. The number of hydrogen-bond acceptors (Lipinski definition) is 8. The number of aromatic amines is 1. The molecule has 0 fully saturated rings. The minimum atomic E-state index is 0.0471. The van der Waals surface area contributed by atoms with Gasteiger partial charge in [0.2, 0.25) is 17.0 Å². The van der Waals surface area contributed by atoms with Crippen molar-refractivity contribution in [2.24, 2.45) is 5.10 Å². The van der Waals surface area contributed by atoms with Crippen LogP contribution >= 0.6 is 11.8 Å². The van der Waals surface area contributed by atoms with E-state index in [-0.39, 0.29) is 17.4 Å². The molecule has 0 saturated heterocycles. The number of thioether (sulfide) groups is 1. The number of aromatic hydroxyl groups is 1. The number of aromatic nitrogens is 3. The number of rotatable bonds is 9. The van der Waals surface area contributed by atoms with Gasteiger partial charge < -0.3 is 14.7 Å². The first-order valence-electron chi connectivity index (χ1n) is 8.06. The Hall–Kier alpha value is -2.75. The Bertz CT molecular complexity index is 760. The highest BCUT2D eigenvalue weighted by Gasteiger charge is 2.12. The number of phenolic OH excluding ortho intramolecular Hbond substituents is 1. The zero-order valence-electron chi connectivity index (χ0n) is 14.9. The van der Waals surface area contributed by atoms with Crippen molar-refractivity contribution in [2.45, 2.75) is 19.0 Å². The van der Waals surface area contributed by atoms with Gasteiger partial charge in [-0.15, -0.1) is 5.10 Å². The van der Waals surface area contributed by atoms with E-state index in [2.05, 4.69) is 25.7 Å². The van der Waals surface area contributed by atoms with Crippen molar-refractivity contribution in [3.05, 3.63) is 23.8 Å². The van der Waals surface area contributed by atoms with Crippen molar-refractivity contribution < 1.29 is 14.6 Å². The first-order valence-corrected chi connectivity index (χ1v) is 9.05. The van der Waals surface area contributed by atoms with Crippen LogP contribution in [0.5, 0.6) is 11.5 Å². The average molecular weight is 378 g/mol. The molecular weight excluding hydrogens is 356 g/mol. The minimum Gasteiger partial charge on any atom is -0.507 e. The van der Waals surface area contributed by atoms with Crippen molar-refractivity contribution in [1.82, 2.24) is 20.1 Å². The fourth-order valence-corrected chi connectivity index (χ4v) is 2.78. The molecule has 0 aliphatic carbocycles. The molecular formula is C16H22N6O3S. The number of nitrogens with zero attached hydrogens (tertiary/aromatic N) is 4. The first kappa shape index (κ1) is 19.6. The molecule has 0 atom stereocenters. The van der Waals surface area contributed by atoms with Gasteiger partial charge in [0.25, 0.3) is 0 Å². The molecule has 0 unspecified atom stereocenters. The molecule has 26 heavy (non-hydrogen) atoms. The molecule has 10 heteroatoms. The van der Waals surface area contributed by atoms with Crippen LogP contribution in [0.1, 0.15) is 19.4 Å². The molecule has 1 amide bonds. The van der Waals surface area contributed by atoms with E-state index in [1.165, 1.54) is 24.0 Å². The van der Waals surface area contributed by atoms with E-state index in [4.69, 9.17) is 4.74 Å². The monoisotopic (exact) mass is 378 g/mol. The largest absolute Gasteiger partial charge is 0.507 e. The molecule has 0 aliphatic rings. The Kier molecular flexibility index (Phi) is 7.27. The van der Waals surface area contributed by atoms with Crippen LogP contribution in [0.3, 0.4) is 0 Å². The summed E-state index contributed by atoms with van der Waals surface area (Å²) in [5.41, 5.74) is 3.19. The lowest BCUT2D eigenvalue weighted by Crippen LogP contribution is -2.31. The number of carbonyl (C=O) groups is 1. The molecule has 1 aromatic heterocycles. The normalized spacial score (nSPS) is 10.9. The Balaban J connectivity index is 1.89. The van der Waals surface area contributed by atoms with Crippen LogP contribution in [0.4, 0.5) is 5.95 Å². The van der Waals surface area contributed by atoms with E-state index in [0.29, 0.717) is 35.5 Å². The first-order chi connectivity index (χ1) is 12.6. The number of anilines is 1. The second-order valence-electron chi connectivity index (χ2n) is 5.12. The third-order valence-electron chi connectivity index (χ3n) is 3.51. The maximum Gasteiger partial charge on any atom is 0.240 e. The molecule has 140 valence electrons. The quantitative estimate of drug-likeness (QED) is 0.347. The molecule has 9 nitrogen and oxygen atoms in total. The number of phenols is 1. The molecule has 2 rings (SSSR count). The van der Waals surface area contributed by atoms with Crippen LogP contribution in [0.25, 0.3) is 0 Å². The van der Waals surface area contributed by atoms with Crippen LogP contribution in [-0.4, -0.2) is 63.3 Å². The number of H-pyrrole nitrogens is 1. The number of methoxy groups -OCH3 is 1. The lowest BCUT2D eigenvalue weighted by Gasteiger charge is -2.17. The van der Waals surface area contributed by atoms with Crippen LogP contribution in [-0.2, 0) is 4.79 Å². The van der Waals surface area contributed by atoms with Crippen molar-refractivity contribution in [3.63, 3.8) is 0 Å². The molecule has 2 aromatic rings. The standard InChI is InChI=1S/C16H22N6O3S/c1-4-22(5-2)14(24)10-26-16-18-15(20-21-16)19-17-9-11-8-12(25-3)6-7-13(11)23/h6-9,23H,4-5,10H2,1-3H3,(H2,18,19,20,21)/b17-9-. The summed E-state index contributed by atoms with van der Waals surface area (Å²) >= 11 is 1.25. The van der Waals surface area contributed by atoms with Gasteiger partial charge in [-0.05, 0) is 32.0 Å². The number of benzene rings is 1. The number of carbonyl (C=O) groups excluding carboxylic acids is 1. The van der Waals surface area contributed by atoms with Gasteiger partial charge in [-0.25, -0.2) is 10.5 Å². The van der Waals surface area contributed by atoms with Crippen molar-refractivity contribution in [1.29, 1.82) is 0 Å². The lowest BCUT2D eigenvalue weighted by atomic mass is 10.2. The van der Waals surface area contributed by atoms with Gasteiger partial charge in [-0.3, -0.25) is 4.79 Å². The van der Waals surface area contributed by atoms with Gasteiger partial charge in [0.1, 0.15) is 11.5 Å². The molecule has 1 heterocycles. The van der Waals surface area contributed by atoms with Crippen LogP contribution < -0.4 is 10.2 Å². The van der Waals surface area contributed by atoms with Gasteiger partial charge in [-0.2, -0.15) is 10.1 Å². The summed E-state index contributed by atoms with van der Waals surface area (Å²) in [6.07, 6.45) is 1.44. The third kappa shape index (κ3) is 5.38. The number of hydrazone groups is 1. The zero-order chi connectivity index (χ0) is 18.9. The smallest absolute Gasteiger partial charge is 0.240 e. The minimum absolute atomic E-state index is 0.0471. The molecule has 0 spiro atoms. The van der Waals surface area contributed by atoms with Crippen LogP contribution in [0.2, 0.25) is 0 Å². The van der Waals surface area contributed by atoms with Crippen LogP contribution in [0, 0.1) is 0 Å². The van der Waals surface area contributed by atoms with Crippen molar-refractivity contribution in [3.8, 4) is 11.5 Å². The van der Waals surface area contributed by atoms with Gasteiger partial charge in [-0.1, -0.05) is 11.8 Å². The summed E-state index contributed by atoms with van der Waals surface area (Å²) < 4.78 is 5.10. The van der Waals surface area contributed by atoms with Gasteiger partial charge in [0.05, 0.1) is 19.1 Å². The predicted molar refractivity (Wildman–Crippen MR) is 101 cm³/mol. The molecule has 0 bridgehead atoms. The number of amides is 1. The SMILES string of the molecule is CCN(CC)C(=O)CSc1n[nH]c(N/N=C\c2cc(OC)ccc2O)n1. The highest BCUT2D eigenvalue weighted by Crippen LogP contribution is 2.21. The number of nitrogens with one attached hydrogen (secondary N) is 2. The second-order valence-corrected chi connectivity index (χ2v) is 6.06. The molecule has 0 radical (unpaired) electrons. The number of hydrogen-bond donors (Lipinski definition) is 3. The fraction of sp³-hybridized carbons (Fsp3) is 0.375. The predicted octanol–water partition coefficient (Wildman–Crippen LogP) is 1.93. The highest BCUT2D eigenvalue weighted by molar-refractivity contribution is 7.99. The summed E-state index contributed by atoms with van der Waals surface area (Å²) in [5, 5.41) is 21.0. The zero-order valence-corrected chi connectivity index (χ0v) is 15.7. The van der Waals surface area contributed by atoms with Gasteiger partial charge in [0, 0.05) is 18.7 Å². The Morgan fingerprint density at radius 1 is 1.46 bits per heavy atom. The topological polar surface area (TPSA) is 116 Å². The summed E-state index contributed by atoms with van der Waals surface area (Å²) in [6, 6.07) is 4.83.